The average Bonchev–Trinajstić information content (AvgIpc) is 2.28. The average molecular weight is 246 g/mol. The molecule has 92 valence electrons. The Kier molecular flexibility index (Phi) is 2.82. The molecule has 0 aliphatic carbocycles. The summed E-state index contributed by atoms with van der Waals surface area (Å²) in [7, 11) is -1.66. The number of hydrogen-bond acceptors (Lipinski definition) is 0. The third-order valence-electron chi connectivity index (χ3n) is 2.99. The fourth-order valence-electron chi connectivity index (χ4n) is 1.87. The second-order valence-corrected chi connectivity index (χ2v) is 14.2. The molecule has 0 bridgehead atoms. The topological polar surface area (TPSA) is 0 Å². The molecule has 0 fully saturated rings. The van der Waals surface area contributed by atoms with Gasteiger partial charge in [0, 0.05) is 0 Å². The third-order valence-corrected chi connectivity index (χ3v) is 5.33. The van der Waals surface area contributed by atoms with Crippen molar-refractivity contribution in [1.29, 1.82) is 0 Å². The molecule has 0 radical (unpaired) electrons. The van der Waals surface area contributed by atoms with Gasteiger partial charge in [0.25, 0.3) is 0 Å². The van der Waals surface area contributed by atoms with Crippen LogP contribution >= 0.6 is 9.16 Å². The van der Waals surface area contributed by atoms with Gasteiger partial charge in [-0.25, -0.2) is 0 Å². The molecule has 0 atom stereocenters. The summed E-state index contributed by atoms with van der Waals surface area (Å²) in [6, 6.07) is 19.6. The molecule has 0 saturated carbocycles. The number of benzene rings is 2. The molecule has 0 N–H and O–H groups in total. The zero-order valence-corrected chi connectivity index (χ0v) is 12.0. The molecule has 0 amide bonds. The van der Waals surface area contributed by atoms with Crippen LogP contribution in [0, 0.1) is 0 Å². The summed E-state index contributed by atoms with van der Waals surface area (Å²) in [6.07, 6.45) is 9.59. The minimum Gasteiger partial charge on any atom is -0.272 e. The summed E-state index contributed by atoms with van der Waals surface area (Å²) in [5, 5.41) is 0. The van der Waals surface area contributed by atoms with E-state index in [0.29, 0.717) is 0 Å². The van der Waals surface area contributed by atoms with Crippen LogP contribution in [0.4, 0.5) is 0 Å². The van der Waals surface area contributed by atoms with Crippen molar-refractivity contribution in [1.82, 2.24) is 0 Å². The first-order valence-electron chi connectivity index (χ1n) is 5.99. The Morgan fingerprint density at radius 2 is 1.24 bits per heavy atom. The van der Waals surface area contributed by atoms with Gasteiger partial charge in [0.15, 0.2) is 0 Å². The predicted molar refractivity (Wildman–Crippen MR) is 82.8 cm³/mol. The molecule has 1 heteroatoms. The highest BCUT2D eigenvalue weighted by Crippen LogP contribution is 2.63. The smallest absolute Gasteiger partial charge is 0.0174 e. The highest BCUT2D eigenvalue weighted by atomic mass is 32.3. The van der Waals surface area contributed by atoms with Crippen LogP contribution in [0.15, 0.2) is 59.5 Å². The van der Waals surface area contributed by atoms with Crippen LogP contribution in [0.5, 0.6) is 0 Å². The minimum absolute atomic E-state index is 1.30. The van der Waals surface area contributed by atoms with Crippen molar-refractivity contribution in [3.8, 4) is 11.1 Å². The molecule has 0 aliphatic heterocycles. The van der Waals surface area contributed by atoms with Crippen molar-refractivity contribution in [2.45, 2.75) is 4.90 Å². The molecule has 0 saturated heterocycles. The largest absolute Gasteiger partial charge is 0.272 e. The van der Waals surface area contributed by atoms with E-state index in [1.807, 2.05) is 0 Å². The summed E-state index contributed by atoms with van der Waals surface area (Å²) >= 11 is 0. The first kappa shape index (κ1) is 12.3. The van der Waals surface area contributed by atoms with Crippen LogP contribution in [-0.4, -0.2) is 25.0 Å². The first-order chi connectivity index (χ1) is 7.83. The Balaban J connectivity index is 2.51. The van der Waals surface area contributed by atoms with Gasteiger partial charge in [0.1, 0.15) is 0 Å². The van der Waals surface area contributed by atoms with Gasteiger partial charge in [-0.1, -0.05) is 48.5 Å². The fraction of sp³-hybridized carbons (Fsp3) is 0.250. The van der Waals surface area contributed by atoms with Gasteiger partial charge >= 0.3 is 0 Å². The summed E-state index contributed by atoms with van der Waals surface area (Å²) in [5.74, 6) is 0. The Hall–Kier alpha value is -1.21. The van der Waals surface area contributed by atoms with Crippen LogP contribution in [0.25, 0.3) is 11.1 Å². The molecule has 2 rings (SSSR count). The van der Waals surface area contributed by atoms with Crippen LogP contribution in [0.2, 0.25) is 0 Å². The second kappa shape index (κ2) is 3.92. The van der Waals surface area contributed by atoms with E-state index in [1.165, 1.54) is 16.0 Å². The highest BCUT2D eigenvalue weighted by Gasteiger charge is 2.21. The van der Waals surface area contributed by atoms with Crippen molar-refractivity contribution in [2.75, 3.05) is 25.0 Å². The molecule has 0 aromatic heterocycles. The summed E-state index contributed by atoms with van der Waals surface area (Å²) in [6.45, 7) is 0. The second-order valence-electron chi connectivity index (χ2n) is 6.49. The summed E-state index contributed by atoms with van der Waals surface area (Å²) < 4.78 is 0. The normalized spacial score (nSPS) is 14.0. The zero-order valence-electron chi connectivity index (χ0n) is 11.1. The molecular formula is C16H22S. The van der Waals surface area contributed by atoms with E-state index in [0.717, 1.165) is 0 Å². The van der Waals surface area contributed by atoms with Crippen LogP contribution in [0.1, 0.15) is 0 Å². The lowest BCUT2D eigenvalue weighted by Gasteiger charge is -2.47. The van der Waals surface area contributed by atoms with E-state index >= 15 is 0 Å². The van der Waals surface area contributed by atoms with E-state index in [9.17, 15) is 0 Å². The predicted octanol–water partition coefficient (Wildman–Crippen LogP) is 4.30. The van der Waals surface area contributed by atoms with E-state index in [-0.39, 0.29) is 0 Å². The van der Waals surface area contributed by atoms with Crippen molar-refractivity contribution in [2.24, 2.45) is 0 Å². The van der Waals surface area contributed by atoms with Crippen molar-refractivity contribution in [3.05, 3.63) is 54.6 Å². The number of thiol groups is 1. The van der Waals surface area contributed by atoms with Gasteiger partial charge in [-0.3, -0.25) is 9.16 Å². The Bertz CT molecular complexity index is 509. The number of rotatable bonds is 2. The van der Waals surface area contributed by atoms with E-state index in [2.05, 4.69) is 79.6 Å². The van der Waals surface area contributed by atoms with Gasteiger partial charge in [-0.2, -0.15) is 0 Å². The van der Waals surface area contributed by atoms with Crippen LogP contribution in [-0.2, 0) is 0 Å². The summed E-state index contributed by atoms with van der Waals surface area (Å²) in [5.41, 5.74) is 2.62. The lowest BCUT2D eigenvalue weighted by atomic mass is 10.1. The monoisotopic (exact) mass is 246 g/mol. The molecule has 2 aromatic carbocycles. The molecule has 0 spiro atoms. The molecule has 2 aromatic rings. The molecule has 0 unspecified atom stereocenters. The quantitative estimate of drug-likeness (QED) is 0.750. The van der Waals surface area contributed by atoms with Crippen molar-refractivity contribution >= 4 is 9.16 Å². The molecule has 17 heavy (non-hydrogen) atoms. The van der Waals surface area contributed by atoms with Gasteiger partial charge in [0.05, 0.1) is 0 Å². The lowest BCUT2D eigenvalue weighted by molar-refractivity contribution is 1.41. The standard InChI is InChI=1S/C16H22S/c1-17(2,3,4)16-12-8-11-15(13-16)14-9-6-5-7-10-14/h5-13,17H,1-4H3. The maximum atomic E-state index is 2.40. The zero-order chi connectivity index (χ0) is 12.5. The van der Waals surface area contributed by atoms with Crippen molar-refractivity contribution < 1.29 is 0 Å². The third kappa shape index (κ3) is 2.92. The maximum absolute atomic E-state index is 2.40. The molecular weight excluding hydrogens is 224 g/mol. The molecule has 0 heterocycles. The SMILES string of the molecule is C[SH](C)(C)(C)c1cccc(-c2ccccc2)c1. The highest BCUT2D eigenvalue weighted by molar-refractivity contribution is 8.47. The molecule has 0 nitrogen and oxygen atoms in total. The summed E-state index contributed by atoms with van der Waals surface area (Å²) in [4.78, 5) is 1.50. The first-order valence-corrected chi connectivity index (χ1v) is 10.0. The van der Waals surface area contributed by atoms with Gasteiger partial charge in [-0.15, -0.1) is 0 Å². The lowest BCUT2D eigenvalue weighted by Crippen LogP contribution is -2.10. The van der Waals surface area contributed by atoms with Crippen LogP contribution < -0.4 is 0 Å². The van der Waals surface area contributed by atoms with Gasteiger partial charge < -0.3 is 0 Å². The van der Waals surface area contributed by atoms with E-state index in [4.69, 9.17) is 0 Å². The van der Waals surface area contributed by atoms with Crippen LogP contribution in [0.3, 0.4) is 0 Å². The van der Waals surface area contributed by atoms with Gasteiger partial charge in [0.2, 0.25) is 0 Å². The molecule has 0 aliphatic rings. The maximum Gasteiger partial charge on any atom is -0.0174 e. The van der Waals surface area contributed by atoms with E-state index < -0.39 is 9.16 Å². The van der Waals surface area contributed by atoms with Crippen molar-refractivity contribution in [3.63, 3.8) is 0 Å². The Morgan fingerprint density at radius 1 is 0.647 bits per heavy atom. The van der Waals surface area contributed by atoms with Gasteiger partial charge in [-0.05, 0) is 47.1 Å². The fourth-order valence-corrected chi connectivity index (χ4v) is 3.21. The minimum atomic E-state index is -1.66. The Labute approximate surface area is 105 Å². The Morgan fingerprint density at radius 3 is 1.82 bits per heavy atom. The van der Waals surface area contributed by atoms with E-state index in [1.54, 1.807) is 0 Å². The number of hydrogen-bond donors (Lipinski definition) is 1.